The van der Waals surface area contributed by atoms with Crippen molar-refractivity contribution in [1.29, 1.82) is 0 Å². The van der Waals surface area contributed by atoms with Crippen molar-refractivity contribution in [3.63, 3.8) is 0 Å². The van der Waals surface area contributed by atoms with E-state index >= 15 is 0 Å². The summed E-state index contributed by atoms with van der Waals surface area (Å²) in [7, 11) is 1.69. The number of anilines is 2. The molecule has 4 heteroatoms. The first-order valence-electron chi connectivity index (χ1n) is 6.14. The Morgan fingerprint density at radius 2 is 1.74 bits per heavy atom. The smallest absolute Gasteiger partial charge is 0.133 e. The molecule has 4 N–H and O–H groups in total. The lowest BCUT2D eigenvalue weighted by Crippen LogP contribution is -2.15. The van der Waals surface area contributed by atoms with Crippen LogP contribution in [0.25, 0.3) is 0 Å². The van der Waals surface area contributed by atoms with Gasteiger partial charge in [0.25, 0.3) is 0 Å². The fourth-order valence-corrected chi connectivity index (χ4v) is 2.49. The van der Waals surface area contributed by atoms with Gasteiger partial charge in [-0.15, -0.1) is 0 Å². The van der Waals surface area contributed by atoms with Crippen LogP contribution in [0.2, 0.25) is 0 Å². The molecule has 0 aliphatic carbocycles. The van der Waals surface area contributed by atoms with Crippen molar-refractivity contribution in [2.24, 2.45) is 0 Å². The van der Waals surface area contributed by atoms with Crippen molar-refractivity contribution in [3.05, 3.63) is 47.5 Å². The van der Waals surface area contributed by atoms with E-state index < -0.39 is 0 Å². The Balaban J connectivity index is 2.15. The summed E-state index contributed by atoms with van der Waals surface area (Å²) in [5.41, 5.74) is 15.2. The number of hydrogen-bond donors (Lipinski definition) is 2. The molecule has 0 radical (unpaired) electrons. The van der Waals surface area contributed by atoms with Gasteiger partial charge in [-0.1, -0.05) is 6.07 Å². The first kappa shape index (κ1) is 11.9. The van der Waals surface area contributed by atoms with E-state index in [0.29, 0.717) is 12.3 Å². The van der Waals surface area contributed by atoms with Gasteiger partial charge < -0.3 is 20.9 Å². The molecule has 1 heterocycles. The van der Waals surface area contributed by atoms with E-state index in [-0.39, 0.29) is 5.92 Å². The molecule has 0 amide bonds. The van der Waals surface area contributed by atoms with Gasteiger partial charge >= 0.3 is 0 Å². The molecule has 98 valence electrons. The minimum Gasteiger partial charge on any atom is -0.457 e. The van der Waals surface area contributed by atoms with Gasteiger partial charge in [0.2, 0.25) is 0 Å². The molecule has 0 saturated carbocycles. The van der Waals surface area contributed by atoms with Crippen LogP contribution in [0.15, 0.2) is 36.4 Å². The summed E-state index contributed by atoms with van der Waals surface area (Å²) in [6, 6.07) is 11.4. The van der Waals surface area contributed by atoms with Crippen molar-refractivity contribution in [2.45, 2.75) is 5.92 Å². The van der Waals surface area contributed by atoms with Gasteiger partial charge in [0, 0.05) is 41.6 Å². The monoisotopic (exact) mass is 256 g/mol. The second kappa shape index (κ2) is 4.48. The summed E-state index contributed by atoms with van der Waals surface area (Å²) in [6.45, 7) is 0.580. The molecule has 0 bridgehead atoms. The zero-order valence-corrected chi connectivity index (χ0v) is 10.7. The van der Waals surface area contributed by atoms with Gasteiger partial charge in [0.05, 0.1) is 6.61 Å². The Labute approximate surface area is 111 Å². The minimum atomic E-state index is 0.118. The Hall–Kier alpha value is -2.20. The molecule has 2 aromatic carbocycles. The summed E-state index contributed by atoms with van der Waals surface area (Å²) >= 11 is 0. The number of rotatable bonds is 2. The van der Waals surface area contributed by atoms with E-state index in [4.69, 9.17) is 20.9 Å². The highest BCUT2D eigenvalue weighted by Gasteiger charge is 2.27. The van der Waals surface area contributed by atoms with Crippen molar-refractivity contribution in [1.82, 2.24) is 0 Å². The van der Waals surface area contributed by atoms with Crippen molar-refractivity contribution >= 4 is 11.4 Å². The molecule has 3 rings (SSSR count). The number of benzene rings is 2. The first-order chi connectivity index (χ1) is 9.19. The van der Waals surface area contributed by atoms with Crippen molar-refractivity contribution in [2.75, 3.05) is 25.2 Å². The maximum absolute atomic E-state index is 5.90. The molecule has 1 unspecified atom stereocenters. The van der Waals surface area contributed by atoms with Crippen molar-refractivity contribution < 1.29 is 9.47 Å². The van der Waals surface area contributed by atoms with Crippen molar-refractivity contribution in [3.8, 4) is 11.5 Å². The fourth-order valence-electron chi connectivity index (χ4n) is 2.49. The standard InChI is InChI=1S/C15H16N2O2/c1-18-8-13-11-4-2-10(17)7-15(11)19-14-5-3-9(16)6-12(13)14/h2-7,13H,8,16-17H2,1H3. The highest BCUT2D eigenvalue weighted by atomic mass is 16.5. The second-order valence-electron chi connectivity index (χ2n) is 4.70. The fraction of sp³-hybridized carbons (Fsp3) is 0.200. The first-order valence-corrected chi connectivity index (χ1v) is 6.14. The molecule has 0 saturated heterocycles. The lowest BCUT2D eigenvalue weighted by molar-refractivity contribution is 0.185. The predicted octanol–water partition coefficient (Wildman–Crippen LogP) is 2.74. The average molecular weight is 256 g/mol. The average Bonchev–Trinajstić information content (AvgIpc) is 2.39. The van der Waals surface area contributed by atoms with E-state index in [9.17, 15) is 0 Å². The molecule has 0 spiro atoms. The van der Waals surface area contributed by atoms with E-state index in [0.717, 1.165) is 28.3 Å². The summed E-state index contributed by atoms with van der Waals surface area (Å²) in [6.07, 6.45) is 0. The number of hydrogen-bond acceptors (Lipinski definition) is 4. The molecule has 1 aliphatic heterocycles. The maximum atomic E-state index is 5.90. The predicted molar refractivity (Wildman–Crippen MR) is 75.5 cm³/mol. The quantitative estimate of drug-likeness (QED) is 0.810. The minimum absolute atomic E-state index is 0.118. The molecule has 0 aromatic heterocycles. The van der Waals surface area contributed by atoms with Crippen LogP contribution >= 0.6 is 0 Å². The zero-order chi connectivity index (χ0) is 13.4. The van der Waals surface area contributed by atoms with Crippen LogP contribution in [0, 0.1) is 0 Å². The number of nitrogens with two attached hydrogens (primary N) is 2. The van der Waals surface area contributed by atoms with Gasteiger partial charge in [-0.3, -0.25) is 0 Å². The third-order valence-corrected chi connectivity index (χ3v) is 3.38. The van der Waals surface area contributed by atoms with Gasteiger partial charge in [0.15, 0.2) is 0 Å². The molecule has 2 aromatic rings. The largest absolute Gasteiger partial charge is 0.457 e. The molecule has 4 nitrogen and oxygen atoms in total. The van der Waals surface area contributed by atoms with Gasteiger partial charge in [-0.05, 0) is 24.3 Å². The summed E-state index contributed by atoms with van der Waals surface area (Å²) in [5, 5.41) is 0. The van der Waals surface area contributed by atoms with E-state index in [1.54, 1.807) is 7.11 Å². The van der Waals surface area contributed by atoms with Crippen LogP contribution in [-0.4, -0.2) is 13.7 Å². The number of methoxy groups -OCH3 is 1. The summed E-state index contributed by atoms with van der Waals surface area (Å²) < 4.78 is 11.2. The SMILES string of the molecule is COCC1c2ccc(N)cc2Oc2ccc(N)cc21. The Morgan fingerprint density at radius 1 is 1.00 bits per heavy atom. The Kier molecular flexibility index (Phi) is 2.80. The molecule has 1 atom stereocenters. The second-order valence-corrected chi connectivity index (χ2v) is 4.70. The molecular formula is C15H16N2O2. The molecule has 19 heavy (non-hydrogen) atoms. The summed E-state index contributed by atoms with van der Waals surface area (Å²) in [5.74, 6) is 1.72. The highest BCUT2D eigenvalue weighted by Crippen LogP contribution is 2.45. The highest BCUT2D eigenvalue weighted by molar-refractivity contribution is 5.61. The van der Waals surface area contributed by atoms with Crippen LogP contribution in [0.5, 0.6) is 11.5 Å². The third-order valence-electron chi connectivity index (χ3n) is 3.38. The Morgan fingerprint density at radius 3 is 2.53 bits per heavy atom. The van der Waals surface area contributed by atoms with Gasteiger partial charge in [-0.2, -0.15) is 0 Å². The van der Waals surface area contributed by atoms with Crippen LogP contribution in [0.3, 0.4) is 0 Å². The van der Waals surface area contributed by atoms with E-state index in [1.165, 1.54) is 0 Å². The number of nitrogen functional groups attached to an aromatic ring is 2. The van der Waals surface area contributed by atoms with Crippen LogP contribution < -0.4 is 16.2 Å². The lowest BCUT2D eigenvalue weighted by Gasteiger charge is -2.28. The molecule has 0 fully saturated rings. The van der Waals surface area contributed by atoms with E-state index in [1.807, 2.05) is 36.4 Å². The molecular weight excluding hydrogens is 240 g/mol. The zero-order valence-electron chi connectivity index (χ0n) is 10.7. The van der Waals surface area contributed by atoms with Gasteiger partial charge in [-0.25, -0.2) is 0 Å². The lowest BCUT2D eigenvalue weighted by atomic mass is 9.88. The topological polar surface area (TPSA) is 70.5 Å². The van der Waals surface area contributed by atoms with Gasteiger partial charge in [0.1, 0.15) is 11.5 Å². The van der Waals surface area contributed by atoms with Crippen LogP contribution in [0.1, 0.15) is 17.0 Å². The number of ether oxygens (including phenoxy) is 2. The maximum Gasteiger partial charge on any atom is 0.133 e. The van der Waals surface area contributed by atoms with Crippen LogP contribution in [0.4, 0.5) is 11.4 Å². The van der Waals surface area contributed by atoms with E-state index in [2.05, 4.69) is 0 Å². The van der Waals surface area contributed by atoms with Crippen LogP contribution in [-0.2, 0) is 4.74 Å². The Bertz CT molecular complexity index is 626. The third kappa shape index (κ3) is 2.00. The number of fused-ring (bicyclic) bond motifs is 2. The molecule has 1 aliphatic rings. The summed E-state index contributed by atoms with van der Waals surface area (Å²) in [4.78, 5) is 0. The normalized spacial score (nSPS) is 16.4.